The van der Waals surface area contributed by atoms with Gasteiger partial charge in [-0.1, -0.05) is 43.3 Å². The monoisotopic (exact) mass is 309 g/mol. The molecule has 0 saturated heterocycles. The van der Waals surface area contributed by atoms with Gasteiger partial charge in [0.05, 0.1) is 5.92 Å². The van der Waals surface area contributed by atoms with E-state index >= 15 is 0 Å². The molecule has 6 heteroatoms. The lowest BCUT2D eigenvalue weighted by molar-refractivity contribution is -0.120. The third kappa shape index (κ3) is 3.26. The number of hydrogen-bond donors (Lipinski definition) is 1. The number of thiophene rings is 1. The van der Waals surface area contributed by atoms with Gasteiger partial charge in [-0.15, -0.1) is 11.3 Å². The summed E-state index contributed by atoms with van der Waals surface area (Å²) < 4.78 is 26.4. The van der Waals surface area contributed by atoms with Crippen LogP contribution in [0.15, 0.2) is 52.1 Å². The molecule has 2 aromatic rings. The Labute approximate surface area is 122 Å². The van der Waals surface area contributed by atoms with E-state index in [1.165, 1.54) is 6.07 Å². The van der Waals surface area contributed by atoms with Gasteiger partial charge >= 0.3 is 0 Å². The number of amides is 1. The van der Waals surface area contributed by atoms with E-state index in [4.69, 9.17) is 0 Å². The largest absolute Gasteiger partial charge is 0.273 e. The lowest BCUT2D eigenvalue weighted by Crippen LogP contribution is -2.34. The van der Waals surface area contributed by atoms with Gasteiger partial charge in [0.2, 0.25) is 5.91 Å². The highest BCUT2D eigenvalue weighted by Crippen LogP contribution is 2.21. The van der Waals surface area contributed by atoms with Gasteiger partial charge in [0.15, 0.2) is 0 Å². The van der Waals surface area contributed by atoms with E-state index in [1.807, 2.05) is 37.3 Å². The Bertz CT molecular complexity index is 664. The maximum Gasteiger partial charge on any atom is 0.273 e. The van der Waals surface area contributed by atoms with Crippen molar-refractivity contribution < 1.29 is 13.2 Å². The Balaban J connectivity index is 2.19. The topological polar surface area (TPSA) is 63.2 Å². The van der Waals surface area contributed by atoms with Crippen LogP contribution in [0.3, 0.4) is 0 Å². The summed E-state index contributed by atoms with van der Waals surface area (Å²) in [6.45, 7) is 1.86. The molecule has 106 valence electrons. The molecule has 1 atom stereocenters. The van der Waals surface area contributed by atoms with Crippen molar-refractivity contribution in [2.75, 3.05) is 0 Å². The van der Waals surface area contributed by atoms with Crippen molar-refractivity contribution in [3.05, 3.63) is 53.4 Å². The Morgan fingerprint density at radius 1 is 1.20 bits per heavy atom. The van der Waals surface area contributed by atoms with Crippen molar-refractivity contribution >= 4 is 27.3 Å². The van der Waals surface area contributed by atoms with Crippen LogP contribution in [0.1, 0.15) is 24.8 Å². The molecule has 20 heavy (non-hydrogen) atoms. The van der Waals surface area contributed by atoms with E-state index < -0.39 is 21.8 Å². The van der Waals surface area contributed by atoms with Gasteiger partial charge in [-0.25, -0.2) is 13.1 Å². The van der Waals surface area contributed by atoms with E-state index in [-0.39, 0.29) is 4.21 Å². The van der Waals surface area contributed by atoms with E-state index in [9.17, 15) is 13.2 Å². The van der Waals surface area contributed by atoms with Gasteiger partial charge in [-0.2, -0.15) is 0 Å². The van der Waals surface area contributed by atoms with Crippen molar-refractivity contribution in [1.82, 2.24) is 4.72 Å². The second-order valence-electron chi connectivity index (χ2n) is 4.27. The number of hydrogen-bond acceptors (Lipinski definition) is 4. The molecule has 4 nitrogen and oxygen atoms in total. The molecule has 0 spiro atoms. The minimum Gasteiger partial charge on any atom is -0.273 e. The zero-order valence-electron chi connectivity index (χ0n) is 10.9. The summed E-state index contributed by atoms with van der Waals surface area (Å²) in [5, 5.41) is 1.66. The highest BCUT2D eigenvalue weighted by molar-refractivity contribution is 7.92. The van der Waals surface area contributed by atoms with Crippen molar-refractivity contribution in [1.29, 1.82) is 0 Å². The van der Waals surface area contributed by atoms with Gasteiger partial charge in [0, 0.05) is 0 Å². The standard InChI is InChI=1S/C14H15NO3S2/c1-2-12(11-7-4-3-5-8-11)14(16)15-20(17,18)13-9-6-10-19-13/h3-10,12H,2H2,1H3,(H,15,16)/t12-/m0/s1. The second kappa shape index (κ2) is 6.19. The first-order chi connectivity index (χ1) is 9.54. The quantitative estimate of drug-likeness (QED) is 0.923. The van der Waals surface area contributed by atoms with E-state index in [0.717, 1.165) is 16.9 Å². The molecule has 0 saturated carbocycles. The lowest BCUT2D eigenvalue weighted by Gasteiger charge is -2.15. The van der Waals surface area contributed by atoms with Gasteiger partial charge in [0.1, 0.15) is 4.21 Å². The van der Waals surface area contributed by atoms with Crippen molar-refractivity contribution in [3.63, 3.8) is 0 Å². The molecule has 1 N–H and O–H groups in total. The fourth-order valence-electron chi connectivity index (χ4n) is 1.93. The highest BCUT2D eigenvalue weighted by atomic mass is 32.2. The van der Waals surface area contributed by atoms with Crippen LogP contribution in [0.25, 0.3) is 0 Å². The maximum absolute atomic E-state index is 12.2. The molecule has 0 aliphatic rings. The Hall–Kier alpha value is -1.66. The lowest BCUT2D eigenvalue weighted by atomic mass is 9.96. The molecular formula is C14H15NO3S2. The zero-order valence-corrected chi connectivity index (χ0v) is 12.6. The van der Waals surface area contributed by atoms with Gasteiger partial charge in [-0.3, -0.25) is 4.79 Å². The van der Waals surface area contributed by atoms with Crippen molar-refractivity contribution in [2.45, 2.75) is 23.5 Å². The molecule has 0 unspecified atom stereocenters. The number of rotatable bonds is 5. The van der Waals surface area contributed by atoms with E-state index in [0.29, 0.717) is 6.42 Å². The summed E-state index contributed by atoms with van der Waals surface area (Å²) in [5.74, 6) is -0.960. The predicted octanol–water partition coefficient (Wildman–Crippen LogP) is 2.75. The molecule has 0 fully saturated rings. The van der Waals surface area contributed by atoms with Crippen molar-refractivity contribution in [2.24, 2.45) is 0 Å². The summed E-state index contributed by atoms with van der Waals surface area (Å²) in [6, 6.07) is 12.3. The average Bonchev–Trinajstić information content (AvgIpc) is 2.95. The van der Waals surface area contributed by atoms with Crippen LogP contribution in [0.2, 0.25) is 0 Å². The smallest absolute Gasteiger partial charge is 0.273 e. The molecule has 1 aromatic heterocycles. The second-order valence-corrected chi connectivity index (χ2v) is 7.13. The molecule has 0 radical (unpaired) electrons. The van der Waals surface area contributed by atoms with E-state index in [1.54, 1.807) is 11.4 Å². The summed E-state index contributed by atoms with van der Waals surface area (Å²) in [6.07, 6.45) is 0.538. The first-order valence-electron chi connectivity index (χ1n) is 6.19. The molecule has 2 rings (SSSR count). The Morgan fingerprint density at radius 2 is 1.90 bits per heavy atom. The van der Waals surface area contributed by atoms with Crippen LogP contribution in [-0.4, -0.2) is 14.3 Å². The van der Waals surface area contributed by atoms with Crippen LogP contribution < -0.4 is 4.72 Å². The Kier molecular flexibility index (Phi) is 4.57. The fourth-order valence-corrected chi connectivity index (χ4v) is 3.94. The zero-order chi connectivity index (χ0) is 14.6. The molecule has 0 bridgehead atoms. The molecule has 0 aliphatic heterocycles. The minimum atomic E-state index is -3.76. The number of carbonyl (C=O) groups excluding carboxylic acids is 1. The number of carbonyl (C=O) groups is 1. The fraction of sp³-hybridized carbons (Fsp3) is 0.214. The van der Waals surface area contributed by atoms with Gasteiger partial charge < -0.3 is 0 Å². The first-order valence-corrected chi connectivity index (χ1v) is 8.56. The predicted molar refractivity (Wildman–Crippen MR) is 79.1 cm³/mol. The molecular weight excluding hydrogens is 294 g/mol. The van der Waals surface area contributed by atoms with Crippen LogP contribution in [0.4, 0.5) is 0 Å². The maximum atomic E-state index is 12.2. The molecule has 0 aliphatic carbocycles. The third-order valence-electron chi connectivity index (χ3n) is 2.92. The van der Waals surface area contributed by atoms with Crippen LogP contribution in [0.5, 0.6) is 0 Å². The third-order valence-corrected chi connectivity index (χ3v) is 5.67. The summed E-state index contributed by atoms with van der Waals surface area (Å²) in [5.41, 5.74) is 0.814. The van der Waals surface area contributed by atoms with Gasteiger partial charge in [-0.05, 0) is 23.4 Å². The number of sulfonamides is 1. The summed E-state index contributed by atoms with van der Waals surface area (Å²) >= 11 is 1.08. The average molecular weight is 309 g/mol. The first kappa shape index (κ1) is 14.7. The summed E-state index contributed by atoms with van der Waals surface area (Å²) in [7, 11) is -3.76. The normalized spacial score (nSPS) is 12.8. The number of nitrogens with one attached hydrogen (secondary N) is 1. The number of benzene rings is 1. The Morgan fingerprint density at radius 3 is 2.45 bits per heavy atom. The molecule has 1 heterocycles. The summed E-state index contributed by atoms with van der Waals surface area (Å²) in [4.78, 5) is 12.2. The van der Waals surface area contributed by atoms with Crippen molar-refractivity contribution in [3.8, 4) is 0 Å². The van der Waals surface area contributed by atoms with Crippen LogP contribution in [-0.2, 0) is 14.8 Å². The molecule has 1 aromatic carbocycles. The van der Waals surface area contributed by atoms with Gasteiger partial charge in [0.25, 0.3) is 10.0 Å². The van der Waals surface area contributed by atoms with Crippen LogP contribution in [0, 0.1) is 0 Å². The SMILES string of the molecule is CC[C@H](C(=O)NS(=O)(=O)c1cccs1)c1ccccc1. The minimum absolute atomic E-state index is 0.147. The van der Waals surface area contributed by atoms with Crippen LogP contribution >= 0.6 is 11.3 Å². The molecule has 1 amide bonds. The van der Waals surface area contributed by atoms with E-state index in [2.05, 4.69) is 4.72 Å². The highest BCUT2D eigenvalue weighted by Gasteiger charge is 2.25.